The van der Waals surface area contributed by atoms with E-state index in [1.54, 1.807) is 0 Å². The van der Waals surface area contributed by atoms with Crippen LogP contribution in [0.3, 0.4) is 0 Å². The number of hydrogen-bond donors (Lipinski definition) is 0. The largest absolute Gasteiger partial charge is 0.489 e. The molecule has 0 aromatic heterocycles. The number of likely N-dealkylation sites (tertiary alicyclic amines) is 1. The van der Waals surface area contributed by atoms with Crippen molar-refractivity contribution in [1.82, 2.24) is 4.90 Å². The molecule has 0 saturated carbocycles. The highest BCUT2D eigenvalue weighted by Gasteiger charge is 2.23. The zero-order chi connectivity index (χ0) is 16.9. The van der Waals surface area contributed by atoms with Crippen LogP contribution in [-0.2, 0) is 6.61 Å². The van der Waals surface area contributed by atoms with E-state index in [9.17, 15) is 4.79 Å². The smallest absolute Gasteiger partial charge is 0.255 e. The zero-order valence-corrected chi connectivity index (χ0v) is 15.5. The van der Waals surface area contributed by atoms with Crippen LogP contribution in [-0.4, -0.2) is 23.9 Å². The van der Waals surface area contributed by atoms with E-state index in [2.05, 4.69) is 22.9 Å². The average molecular weight is 388 g/mol. The Labute approximate surface area is 151 Å². The van der Waals surface area contributed by atoms with Crippen LogP contribution in [0.1, 0.15) is 35.7 Å². The molecule has 4 heteroatoms. The van der Waals surface area contributed by atoms with Crippen LogP contribution in [0.25, 0.3) is 0 Å². The summed E-state index contributed by atoms with van der Waals surface area (Å²) in [4.78, 5) is 14.7. The molecule has 1 amide bonds. The second kappa shape index (κ2) is 7.84. The van der Waals surface area contributed by atoms with Gasteiger partial charge in [-0.05, 0) is 58.5 Å². The summed E-state index contributed by atoms with van der Waals surface area (Å²) in [5.41, 5.74) is 1.83. The van der Waals surface area contributed by atoms with Crippen molar-refractivity contribution in [2.75, 3.05) is 13.1 Å². The monoisotopic (exact) mass is 387 g/mol. The Morgan fingerprint density at radius 3 is 2.75 bits per heavy atom. The van der Waals surface area contributed by atoms with E-state index in [-0.39, 0.29) is 5.91 Å². The predicted octanol–water partition coefficient (Wildman–Crippen LogP) is 4.90. The van der Waals surface area contributed by atoms with Crippen molar-refractivity contribution in [3.8, 4) is 5.75 Å². The van der Waals surface area contributed by atoms with Gasteiger partial charge in [-0.15, -0.1) is 0 Å². The zero-order valence-electron chi connectivity index (χ0n) is 13.9. The predicted molar refractivity (Wildman–Crippen MR) is 99.2 cm³/mol. The molecular weight excluding hydrogens is 366 g/mol. The van der Waals surface area contributed by atoms with Gasteiger partial charge >= 0.3 is 0 Å². The van der Waals surface area contributed by atoms with Gasteiger partial charge in [-0.25, -0.2) is 0 Å². The molecule has 2 aromatic carbocycles. The number of piperidine rings is 1. The first-order valence-electron chi connectivity index (χ1n) is 8.39. The third-order valence-corrected chi connectivity index (χ3v) is 5.02. The van der Waals surface area contributed by atoms with Gasteiger partial charge in [-0.2, -0.15) is 0 Å². The molecule has 0 spiro atoms. The molecule has 1 unspecified atom stereocenters. The number of carbonyl (C=O) groups is 1. The van der Waals surface area contributed by atoms with E-state index in [1.807, 2.05) is 53.4 Å². The van der Waals surface area contributed by atoms with Gasteiger partial charge in [0.25, 0.3) is 5.91 Å². The minimum absolute atomic E-state index is 0.100. The van der Waals surface area contributed by atoms with Crippen molar-refractivity contribution < 1.29 is 9.53 Å². The van der Waals surface area contributed by atoms with E-state index < -0.39 is 0 Å². The molecule has 0 bridgehead atoms. The number of ether oxygens (including phenoxy) is 1. The van der Waals surface area contributed by atoms with Crippen LogP contribution in [0.4, 0.5) is 0 Å². The highest BCUT2D eigenvalue weighted by molar-refractivity contribution is 9.10. The Morgan fingerprint density at radius 2 is 2.04 bits per heavy atom. The summed E-state index contributed by atoms with van der Waals surface area (Å²) < 4.78 is 6.60. The van der Waals surface area contributed by atoms with E-state index in [1.165, 1.54) is 6.42 Å². The standard InChI is InChI=1S/C20H22BrNO2/c1-15-6-5-11-22(13-15)20(23)18-10-9-17(12-19(18)21)24-14-16-7-3-2-4-8-16/h2-4,7-10,12,15H,5-6,11,13-14H2,1H3. The Balaban J connectivity index is 1.67. The first-order chi connectivity index (χ1) is 11.6. The number of carbonyl (C=O) groups excluding carboxylic acids is 1. The molecule has 1 saturated heterocycles. The number of nitrogens with zero attached hydrogens (tertiary/aromatic N) is 1. The quantitative estimate of drug-likeness (QED) is 0.746. The molecule has 0 radical (unpaired) electrons. The topological polar surface area (TPSA) is 29.5 Å². The van der Waals surface area contributed by atoms with Crippen molar-refractivity contribution in [1.29, 1.82) is 0 Å². The van der Waals surface area contributed by atoms with Crippen LogP contribution >= 0.6 is 15.9 Å². The molecule has 24 heavy (non-hydrogen) atoms. The van der Waals surface area contributed by atoms with Gasteiger partial charge in [-0.3, -0.25) is 4.79 Å². The van der Waals surface area contributed by atoms with Crippen molar-refractivity contribution in [2.45, 2.75) is 26.4 Å². The molecule has 0 aliphatic carbocycles. The van der Waals surface area contributed by atoms with Gasteiger partial charge in [0.05, 0.1) is 5.56 Å². The van der Waals surface area contributed by atoms with Crippen molar-refractivity contribution in [3.05, 3.63) is 64.1 Å². The first kappa shape index (κ1) is 17.0. The van der Waals surface area contributed by atoms with Gasteiger partial charge in [0.1, 0.15) is 12.4 Å². The fourth-order valence-electron chi connectivity index (χ4n) is 3.04. The lowest BCUT2D eigenvalue weighted by molar-refractivity contribution is 0.0682. The lowest BCUT2D eigenvalue weighted by Crippen LogP contribution is -2.39. The second-order valence-corrected chi connectivity index (χ2v) is 7.27. The van der Waals surface area contributed by atoms with Crippen LogP contribution < -0.4 is 4.74 Å². The van der Waals surface area contributed by atoms with Crippen LogP contribution in [0.15, 0.2) is 53.0 Å². The summed E-state index contributed by atoms with van der Waals surface area (Å²) in [6.07, 6.45) is 2.29. The van der Waals surface area contributed by atoms with Crippen LogP contribution in [0.2, 0.25) is 0 Å². The number of rotatable bonds is 4. The molecule has 3 rings (SSSR count). The Bertz CT molecular complexity index is 702. The molecule has 0 N–H and O–H groups in total. The maximum Gasteiger partial charge on any atom is 0.255 e. The molecule has 1 aliphatic heterocycles. The molecule has 1 aliphatic rings. The molecule has 3 nitrogen and oxygen atoms in total. The fraction of sp³-hybridized carbons (Fsp3) is 0.350. The highest BCUT2D eigenvalue weighted by atomic mass is 79.9. The Hall–Kier alpha value is -1.81. The summed E-state index contributed by atoms with van der Waals surface area (Å²) in [6.45, 7) is 4.42. The Kier molecular flexibility index (Phi) is 5.56. The van der Waals surface area contributed by atoms with E-state index in [0.717, 1.165) is 35.3 Å². The molecular formula is C20H22BrNO2. The van der Waals surface area contributed by atoms with E-state index in [0.29, 0.717) is 18.1 Å². The van der Waals surface area contributed by atoms with Crippen molar-refractivity contribution >= 4 is 21.8 Å². The van der Waals surface area contributed by atoms with Crippen molar-refractivity contribution in [3.63, 3.8) is 0 Å². The van der Waals surface area contributed by atoms with Gasteiger partial charge in [-0.1, -0.05) is 37.3 Å². The third kappa shape index (κ3) is 4.18. The normalized spacial score (nSPS) is 17.6. The maximum absolute atomic E-state index is 12.7. The minimum atomic E-state index is 0.100. The second-order valence-electron chi connectivity index (χ2n) is 6.41. The van der Waals surface area contributed by atoms with Crippen molar-refractivity contribution in [2.24, 2.45) is 5.92 Å². The number of hydrogen-bond acceptors (Lipinski definition) is 2. The molecule has 1 heterocycles. The average Bonchev–Trinajstić information content (AvgIpc) is 2.60. The lowest BCUT2D eigenvalue weighted by atomic mass is 9.99. The van der Waals surface area contributed by atoms with Gasteiger partial charge < -0.3 is 9.64 Å². The SMILES string of the molecule is CC1CCCN(C(=O)c2ccc(OCc3ccccc3)cc2Br)C1. The number of benzene rings is 2. The fourth-order valence-corrected chi connectivity index (χ4v) is 3.57. The number of amides is 1. The number of halogens is 1. The Morgan fingerprint density at radius 1 is 1.25 bits per heavy atom. The summed E-state index contributed by atoms with van der Waals surface area (Å²) in [5.74, 6) is 1.44. The minimum Gasteiger partial charge on any atom is -0.489 e. The maximum atomic E-state index is 12.7. The highest BCUT2D eigenvalue weighted by Crippen LogP contribution is 2.26. The van der Waals surface area contributed by atoms with Gasteiger partial charge in [0.2, 0.25) is 0 Å². The van der Waals surface area contributed by atoms with E-state index >= 15 is 0 Å². The van der Waals surface area contributed by atoms with Gasteiger partial charge in [0.15, 0.2) is 0 Å². The molecule has 1 atom stereocenters. The molecule has 1 fully saturated rings. The first-order valence-corrected chi connectivity index (χ1v) is 9.18. The summed E-state index contributed by atoms with van der Waals surface area (Å²) in [5, 5.41) is 0. The van der Waals surface area contributed by atoms with Crippen LogP contribution in [0.5, 0.6) is 5.75 Å². The van der Waals surface area contributed by atoms with E-state index in [4.69, 9.17) is 4.74 Å². The van der Waals surface area contributed by atoms with Crippen LogP contribution in [0, 0.1) is 5.92 Å². The summed E-state index contributed by atoms with van der Waals surface area (Å²) >= 11 is 3.53. The third-order valence-electron chi connectivity index (χ3n) is 4.36. The summed E-state index contributed by atoms with van der Waals surface area (Å²) in [6, 6.07) is 15.6. The molecule has 126 valence electrons. The lowest BCUT2D eigenvalue weighted by Gasteiger charge is -2.31. The summed E-state index contributed by atoms with van der Waals surface area (Å²) in [7, 11) is 0. The molecule has 2 aromatic rings. The van der Waals surface area contributed by atoms with Gasteiger partial charge in [0, 0.05) is 17.6 Å².